The van der Waals surface area contributed by atoms with Gasteiger partial charge in [-0.3, -0.25) is 0 Å². The van der Waals surface area contributed by atoms with Gasteiger partial charge >= 0.3 is 0 Å². The van der Waals surface area contributed by atoms with Crippen molar-refractivity contribution < 1.29 is 0 Å². The van der Waals surface area contributed by atoms with Crippen LogP contribution in [0.1, 0.15) is 48.5 Å². The molecular weight excluding hydrogens is 246 g/mol. The molecule has 3 heteroatoms. The van der Waals surface area contributed by atoms with Gasteiger partial charge in [0.25, 0.3) is 0 Å². The van der Waals surface area contributed by atoms with E-state index in [0.29, 0.717) is 12.6 Å². The van der Waals surface area contributed by atoms with Crippen LogP contribution in [0.15, 0.2) is 18.2 Å². The highest BCUT2D eigenvalue weighted by atomic mass is 15.1. The monoisotopic (exact) mass is 269 g/mol. The van der Waals surface area contributed by atoms with E-state index in [1.165, 1.54) is 41.1 Å². The zero-order valence-electron chi connectivity index (χ0n) is 12.6. The van der Waals surface area contributed by atoms with Gasteiger partial charge in [-0.2, -0.15) is 0 Å². The van der Waals surface area contributed by atoms with Crippen LogP contribution in [0, 0.1) is 13.8 Å². The molecule has 2 aromatic rings. The average molecular weight is 269 g/mol. The van der Waals surface area contributed by atoms with E-state index in [9.17, 15) is 0 Å². The second-order valence-corrected chi connectivity index (χ2v) is 5.96. The molecule has 106 valence electrons. The van der Waals surface area contributed by atoms with Crippen molar-refractivity contribution in [2.24, 2.45) is 5.73 Å². The Hall–Kier alpha value is -1.61. The van der Waals surface area contributed by atoms with E-state index in [4.69, 9.17) is 10.7 Å². The molecule has 0 radical (unpaired) electrons. The van der Waals surface area contributed by atoms with Crippen molar-refractivity contribution in [3.63, 3.8) is 0 Å². The molecule has 0 spiro atoms. The number of nitrogens with zero attached hydrogens (tertiary/aromatic N) is 2. The Balaban J connectivity index is 2.19. The highest BCUT2D eigenvalue weighted by Gasteiger charge is 2.24. The van der Waals surface area contributed by atoms with E-state index >= 15 is 0 Å². The summed E-state index contributed by atoms with van der Waals surface area (Å²) in [5.41, 5.74) is 12.1. The minimum atomic E-state index is 0.518. The summed E-state index contributed by atoms with van der Waals surface area (Å²) in [6, 6.07) is 7.08. The first kappa shape index (κ1) is 13.4. The molecular formula is C17H23N3. The van der Waals surface area contributed by atoms with E-state index < -0.39 is 0 Å². The fraction of sp³-hybridized carbons (Fsp3) is 0.471. The summed E-state index contributed by atoms with van der Waals surface area (Å²) in [7, 11) is 0. The van der Waals surface area contributed by atoms with E-state index in [1.807, 2.05) is 0 Å². The molecule has 1 aromatic heterocycles. The van der Waals surface area contributed by atoms with Gasteiger partial charge in [-0.05, 0) is 39.2 Å². The third kappa shape index (κ3) is 2.06. The Morgan fingerprint density at radius 3 is 2.85 bits per heavy atom. The third-order valence-electron chi connectivity index (χ3n) is 4.38. The van der Waals surface area contributed by atoms with Gasteiger partial charge in [-0.1, -0.05) is 23.8 Å². The lowest BCUT2D eigenvalue weighted by Gasteiger charge is -2.23. The summed E-state index contributed by atoms with van der Waals surface area (Å²) in [4.78, 5) is 4.92. The molecule has 1 aliphatic heterocycles. The van der Waals surface area contributed by atoms with Crippen molar-refractivity contribution >= 4 is 0 Å². The molecule has 1 aliphatic rings. The number of imidazole rings is 1. The highest BCUT2D eigenvalue weighted by molar-refractivity contribution is 5.67. The summed E-state index contributed by atoms with van der Waals surface area (Å²) in [6.45, 7) is 7.11. The lowest BCUT2D eigenvalue weighted by molar-refractivity contribution is 0.415. The molecule has 2 N–H and O–H groups in total. The van der Waals surface area contributed by atoms with E-state index in [-0.39, 0.29) is 0 Å². The van der Waals surface area contributed by atoms with Crippen LogP contribution in [0.5, 0.6) is 0 Å². The summed E-state index contributed by atoms with van der Waals surface area (Å²) in [5.74, 6) is 1.21. The van der Waals surface area contributed by atoms with Crippen LogP contribution >= 0.6 is 0 Å². The van der Waals surface area contributed by atoms with Crippen molar-refractivity contribution in [3.8, 4) is 11.3 Å². The van der Waals surface area contributed by atoms with Crippen LogP contribution in [0.2, 0.25) is 0 Å². The van der Waals surface area contributed by atoms with Crippen molar-refractivity contribution in [3.05, 3.63) is 40.8 Å². The number of benzene rings is 1. The van der Waals surface area contributed by atoms with Gasteiger partial charge in [0, 0.05) is 24.6 Å². The van der Waals surface area contributed by atoms with Crippen molar-refractivity contribution in [1.82, 2.24) is 9.55 Å². The quantitative estimate of drug-likeness (QED) is 0.906. The van der Waals surface area contributed by atoms with Gasteiger partial charge in [-0.25, -0.2) is 4.98 Å². The first-order valence-corrected chi connectivity index (χ1v) is 7.49. The number of hydrogen-bond donors (Lipinski definition) is 1. The fourth-order valence-electron chi connectivity index (χ4n) is 3.39. The lowest BCUT2D eigenvalue weighted by atomic mass is 10.0. The molecule has 1 unspecified atom stereocenters. The molecule has 0 saturated carbocycles. The molecule has 1 atom stereocenters. The van der Waals surface area contributed by atoms with Gasteiger partial charge in [0.15, 0.2) is 0 Å². The molecule has 3 nitrogen and oxygen atoms in total. The number of hydrogen-bond acceptors (Lipinski definition) is 2. The molecule has 0 aliphatic carbocycles. The Morgan fingerprint density at radius 2 is 2.15 bits per heavy atom. The van der Waals surface area contributed by atoms with Gasteiger partial charge in [0.2, 0.25) is 0 Å². The molecule has 3 rings (SSSR count). The molecule has 0 bridgehead atoms. The number of fused-ring (bicyclic) bond motifs is 1. The summed E-state index contributed by atoms with van der Waals surface area (Å²) < 4.78 is 2.37. The third-order valence-corrected chi connectivity index (χ3v) is 4.38. The van der Waals surface area contributed by atoms with Crippen LogP contribution in [-0.2, 0) is 13.0 Å². The SMILES string of the molecule is Cc1ccc(-c2nc3n(c2CN)C(C)CCC3)c(C)c1. The molecule has 20 heavy (non-hydrogen) atoms. The Labute approximate surface area is 120 Å². The number of rotatable bonds is 2. The minimum absolute atomic E-state index is 0.518. The van der Waals surface area contributed by atoms with E-state index in [2.05, 4.69) is 43.5 Å². The maximum absolute atomic E-state index is 6.04. The zero-order valence-corrected chi connectivity index (χ0v) is 12.6. The van der Waals surface area contributed by atoms with Crippen LogP contribution in [0.25, 0.3) is 11.3 Å². The smallest absolute Gasteiger partial charge is 0.109 e. The zero-order chi connectivity index (χ0) is 14.3. The molecule has 0 saturated heterocycles. The van der Waals surface area contributed by atoms with Gasteiger partial charge in [0.1, 0.15) is 5.82 Å². The van der Waals surface area contributed by atoms with E-state index in [0.717, 1.165) is 12.1 Å². The molecule has 0 amide bonds. The first-order chi connectivity index (χ1) is 9.61. The number of aryl methyl sites for hydroxylation is 3. The Morgan fingerprint density at radius 1 is 1.35 bits per heavy atom. The topological polar surface area (TPSA) is 43.8 Å². The normalized spacial score (nSPS) is 18.1. The van der Waals surface area contributed by atoms with Crippen LogP contribution in [0.4, 0.5) is 0 Å². The standard InChI is InChI=1S/C17H23N3/c1-11-7-8-14(12(2)9-11)17-15(10-18)20-13(3)5-4-6-16(20)19-17/h7-9,13H,4-6,10,18H2,1-3H3. The van der Waals surface area contributed by atoms with E-state index in [1.54, 1.807) is 0 Å². The van der Waals surface area contributed by atoms with Gasteiger partial charge in [0.05, 0.1) is 11.4 Å². The summed E-state index contributed by atoms with van der Waals surface area (Å²) >= 11 is 0. The molecule has 1 aromatic carbocycles. The van der Waals surface area contributed by atoms with Gasteiger partial charge in [-0.15, -0.1) is 0 Å². The maximum Gasteiger partial charge on any atom is 0.109 e. The van der Waals surface area contributed by atoms with Crippen molar-refractivity contribution in [1.29, 1.82) is 0 Å². The fourth-order valence-corrected chi connectivity index (χ4v) is 3.39. The molecule has 0 fully saturated rings. The predicted molar refractivity (Wildman–Crippen MR) is 82.7 cm³/mol. The van der Waals surface area contributed by atoms with Crippen molar-refractivity contribution in [2.45, 2.75) is 52.6 Å². The lowest BCUT2D eigenvalue weighted by Crippen LogP contribution is -2.19. The highest BCUT2D eigenvalue weighted by Crippen LogP contribution is 2.33. The van der Waals surface area contributed by atoms with Crippen LogP contribution in [-0.4, -0.2) is 9.55 Å². The predicted octanol–water partition coefficient (Wildman–Crippen LogP) is 3.52. The summed E-state index contributed by atoms with van der Waals surface area (Å²) in [6.07, 6.45) is 3.53. The Bertz CT molecular complexity index is 640. The summed E-state index contributed by atoms with van der Waals surface area (Å²) in [5, 5.41) is 0. The number of aromatic nitrogens is 2. The minimum Gasteiger partial charge on any atom is -0.327 e. The van der Waals surface area contributed by atoms with Crippen LogP contribution in [0.3, 0.4) is 0 Å². The average Bonchev–Trinajstić information content (AvgIpc) is 2.78. The van der Waals surface area contributed by atoms with Gasteiger partial charge < -0.3 is 10.3 Å². The van der Waals surface area contributed by atoms with Crippen molar-refractivity contribution in [2.75, 3.05) is 0 Å². The van der Waals surface area contributed by atoms with Crippen LogP contribution < -0.4 is 5.73 Å². The second-order valence-electron chi connectivity index (χ2n) is 5.96. The number of nitrogens with two attached hydrogens (primary N) is 1. The first-order valence-electron chi connectivity index (χ1n) is 7.49. The largest absolute Gasteiger partial charge is 0.327 e. The Kier molecular flexibility index (Phi) is 3.38. The maximum atomic E-state index is 6.04. The second kappa shape index (κ2) is 5.06. The molecule has 2 heterocycles.